The highest BCUT2D eigenvalue weighted by atomic mass is 16.5. The average Bonchev–Trinajstić information content (AvgIpc) is 2.74. The highest BCUT2D eigenvalue weighted by Gasteiger charge is 2.26. The molecule has 1 aliphatic heterocycles. The number of carbonyl (C=O) groups excluding carboxylic acids is 1. The van der Waals surface area contributed by atoms with E-state index in [9.17, 15) is 9.90 Å². The summed E-state index contributed by atoms with van der Waals surface area (Å²) in [4.78, 5) is 14.8. The van der Waals surface area contributed by atoms with Crippen LogP contribution in [0.3, 0.4) is 0 Å². The fraction of sp³-hybridized carbons (Fsp3) is 0.435. The predicted octanol–water partition coefficient (Wildman–Crippen LogP) is 3.17. The lowest BCUT2D eigenvalue weighted by molar-refractivity contribution is 0.00484. The number of hydrogen-bond acceptors (Lipinski definition) is 5. The molecule has 150 valence electrons. The van der Waals surface area contributed by atoms with Gasteiger partial charge in [0.25, 0.3) is 0 Å². The Hall–Kier alpha value is -2.21. The van der Waals surface area contributed by atoms with E-state index in [2.05, 4.69) is 4.90 Å². The number of nitrogens with zero attached hydrogens (tertiary/aromatic N) is 1. The smallest absolute Gasteiger partial charge is 0.166 e. The number of ether oxygens (including phenoxy) is 2. The molecule has 0 saturated carbocycles. The summed E-state index contributed by atoms with van der Waals surface area (Å²) in [5.74, 6) is 1.12. The number of carbonyl (C=O) groups is 1. The van der Waals surface area contributed by atoms with Crippen LogP contribution in [0.1, 0.15) is 28.8 Å². The topological polar surface area (TPSA) is 59.0 Å². The highest BCUT2D eigenvalue weighted by molar-refractivity contribution is 5.97. The molecule has 0 aliphatic carbocycles. The lowest BCUT2D eigenvalue weighted by Crippen LogP contribution is -2.41. The molecule has 1 fully saturated rings. The first-order valence-electron chi connectivity index (χ1n) is 9.86. The van der Waals surface area contributed by atoms with Gasteiger partial charge in [0.2, 0.25) is 0 Å². The molecule has 1 aliphatic rings. The van der Waals surface area contributed by atoms with E-state index in [0.29, 0.717) is 19.8 Å². The Kier molecular flexibility index (Phi) is 7.60. The van der Waals surface area contributed by atoms with Gasteiger partial charge in [-0.1, -0.05) is 42.5 Å². The van der Waals surface area contributed by atoms with Crippen molar-refractivity contribution in [3.63, 3.8) is 0 Å². The summed E-state index contributed by atoms with van der Waals surface area (Å²) in [5, 5.41) is 10.3. The molecule has 0 radical (unpaired) electrons. The molecule has 0 amide bonds. The number of ketones is 1. The zero-order chi connectivity index (χ0) is 19.8. The molecule has 1 heterocycles. The maximum atomic E-state index is 12.6. The Bertz CT molecular complexity index is 741. The molecule has 3 rings (SSSR count). The van der Waals surface area contributed by atoms with E-state index < -0.39 is 6.10 Å². The minimum absolute atomic E-state index is 0.0834. The standard InChI is InChI=1S/C23H29NO4/c1-27-22-9-5-6-18(14-22)16-28-17-21(25)15-24-12-10-20(11-13-24)23(26)19-7-3-2-4-8-19/h2-9,14,20-21,25H,10-13,15-17H2,1H3. The first kappa shape index (κ1) is 20.5. The van der Waals surface area contributed by atoms with Crippen molar-refractivity contribution in [2.45, 2.75) is 25.6 Å². The van der Waals surface area contributed by atoms with Gasteiger partial charge in [-0.15, -0.1) is 0 Å². The second kappa shape index (κ2) is 10.4. The fourth-order valence-corrected chi connectivity index (χ4v) is 3.64. The van der Waals surface area contributed by atoms with Crippen LogP contribution in [-0.4, -0.2) is 55.2 Å². The zero-order valence-corrected chi connectivity index (χ0v) is 16.4. The van der Waals surface area contributed by atoms with Crippen LogP contribution < -0.4 is 4.74 Å². The molecule has 0 aromatic heterocycles. The molecule has 2 aromatic carbocycles. The van der Waals surface area contributed by atoms with Crippen molar-refractivity contribution < 1.29 is 19.4 Å². The van der Waals surface area contributed by atoms with E-state index in [-0.39, 0.29) is 11.7 Å². The van der Waals surface area contributed by atoms with Gasteiger partial charge in [0, 0.05) is 18.0 Å². The minimum Gasteiger partial charge on any atom is -0.497 e. The van der Waals surface area contributed by atoms with E-state index in [1.807, 2.05) is 54.6 Å². The summed E-state index contributed by atoms with van der Waals surface area (Å²) in [6, 6.07) is 17.2. The number of likely N-dealkylation sites (tertiary alicyclic amines) is 1. The van der Waals surface area contributed by atoms with Crippen LogP contribution in [0.5, 0.6) is 5.75 Å². The van der Waals surface area contributed by atoms with Crippen molar-refractivity contribution in [2.75, 3.05) is 33.4 Å². The number of benzene rings is 2. The molecular weight excluding hydrogens is 354 g/mol. The second-order valence-corrected chi connectivity index (χ2v) is 7.33. The molecule has 1 saturated heterocycles. The lowest BCUT2D eigenvalue weighted by Gasteiger charge is -2.32. The number of Topliss-reactive ketones (excluding diaryl/α,β-unsaturated/α-hetero) is 1. The highest BCUT2D eigenvalue weighted by Crippen LogP contribution is 2.22. The normalized spacial score (nSPS) is 16.6. The quantitative estimate of drug-likeness (QED) is 0.674. The summed E-state index contributed by atoms with van der Waals surface area (Å²) in [6.07, 6.45) is 1.14. The van der Waals surface area contributed by atoms with Gasteiger partial charge in [0.15, 0.2) is 5.78 Å². The van der Waals surface area contributed by atoms with Crippen LogP contribution in [0, 0.1) is 5.92 Å². The number of aliphatic hydroxyl groups excluding tert-OH is 1. The van der Waals surface area contributed by atoms with Crippen LogP contribution in [0.15, 0.2) is 54.6 Å². The van der Waals surface area contributed by atoms with Crippen LogP contribution in [0.25, 0.3) is 0 Å². The first-order chi connectivity index (χ1) is 13.7. The Morgan fingerprint density at radius 3 is 2.61 bits per heavy atom. The van der Waals surface area contributed by atoms with Crippen LogP contribution in [0.4, 0.5) is 0 Å². The maximum absolute atomic E-state index is 12.6. The first-order valence-corrected chi connectivity index (χ1v) is 9.86. The Morgan fingerprint density at radius 2 is 1.89 bits per heavy atom. The summed E-state index contributed by atoms with van der Waals surface area (Å²) >= 11 is 0. The van der Waals surface area contributed by atoms with Gasteiger partial charge < -0.3 is 19.5 Å². The molecule has 1 unspecified atom stereocenters. The molecule has 0 bridgehead atoms. The summed E-state index contributed by atoms with van der Waals surface area (Å²) in [5.41, 5.74) is 1.82. The van der Waals surface area contributed by atoms with E-state index in [1.165, 1.54) is 0 Å². The number of rotatable bonds is 9. The summed E-state index contributed by atoms with van der Waals surface area (Å²) in [7, 11) is 1.64. The fourth-order valence-electron chi connectivity index (χ4n) is 3.64. The van der Waals surface area contributed by atoms with Crippen molar-refractivity contribution in [3.05, 3.63) is 65.7 Å². The van der Waals surface area contributed by atoms with E-state index in [4.69, 9.17) is 9.47 Å². The van der Waals surface area contributed by atoms with Gasteiger partial charge in [-0.25, -0.2) is 0 Å². The monoisotopic (exact) mass is 383 g/mol. The van der Waals surface area contributed by atoms with Crippen molar-refractivity contribution in [1.82, 2.24) is 4.90 Å². The molecule has 5 nitrogen and oxygen atoms in total. The second-order valence-electron chi connectivity index (χ2n) is 7.33. The van der Waals surface area contributed by atoms with Crippen LogP contribution in [0.2, 0.25) is 0 Å². The number of hydrogen-bond donors (Lipinski definition) is 1. The third-order valence-electron chi connectivity index (χ3n) is 5.20. The summed E-state index contributed by atoms with van der Waals surface area (Å²) in [6.45, 7) is 2.97. The SMILES string of the molecule is COc1cccc(COCC(O)CN2CCC(C(=O)c3ccccc3)CC2)c1. The molecule has 1 N–H and O–H groups in total. The van der Waals surface area contributed by atoms with E-state index in [1.54, 1.807) is 7.11 Å². The Morgan fingerprint density at radius 1 is 1.14 bits per heavy atom. The Balaban J connectivity index is 1.36. The molecular formula is C23H29NO4. The maximum Gasteiger partial charge on any atom is 0.166 e. The van der Waals surface area contributed by atoms with E-state index in [0.717, 1.165) is 42.8 Å². The third kappa shape index (κ3) is 5.89. The minimum atomic E-state index is -0.535. The van der Waals surface area contributed by atoms with E-state index >= 15 is 0 Å². The van der Waals surface area contributed by atoms with Gasteiger partial charge in [-0.2, -0.15) is 0 Å². The van der Waals surface area contributed by atoms with Gasteiger partial charge >= 0.3 is 0 Å². The van der Waals surface area contributed by atoms with Crippen molar-refractivity contribution in [1.29, 1.82) is 0 Å². The molecule has 0 spiro atoms. The number of piperidine rings is 1. The van der Waals surface area contributed by atoms with Gasteiger partial charge in [-0.3, -0.25) is 4.79 Å². The molecule has 2 aromatic rings. The largest absolute Gasteiger partial charge is 0.497 e. The molecule has 5 heteroatoms. The average molecular weight is 383 g/mol. The number of β-amino-alcohol motifs (C(OH)–C–C–N with tert-alkyl or cyclic N) is 1. The summed E-state index contributed by atoms with van der Waals surface area (Å²) < 4.78 is 10.9. The zero-order valence-electron chi connectivity index (χ0n) is 16.4. The molecule has 1 atom stereocenters. The number of aliphatic hydroxyl groups is 1. The Labute approximate surface area is 166 Å². The predicted molar refractivity (Wildman–Crippen MR) is 109 cm³/mol. The van der Waals surface area contributed by atoms with Gasteiger partial charge in [0.1, 0.15) is 5.75 Å². The van der Waals surface area contributed by atoms with Gasteiger partial charge in [-0.05, 0) is 43.6 Å². The van der Waals surface area contributed by atoms with Crippen molar-refractivity contribution >= 4 is 5.78 Å². The molecule has 28 heavy (non-hydrogen) atoms. The van der Waals surface area contributed by atoms with Crippen molar-refractivity contribution in [2.24, 2.45) is 5.92 Å². The van der Waals surface area contributed by atoms with Gasteiger partial charge in [0.05, 0.1) is 26.4 Å². The van der Waals surface area contributed by atoms with Crippen molar-refractivity contribution in [3.8, 4) is 5.75 Å². The number of methoxy groups -OCH3 is 1. The third-order valence-corrected chi connectivity index (χ3v) is 5.20. The van der Waals surface area contributed by atoms with Crippen LogP contribution in [-0.2, 0) is 11.3 Å². The lowest BCUT2D eigenvalue weighted by atomic mass is 9.89. The van der Waals surface area contributed by atoms with Crippen LogP contribution >= 0.6 is 0 Å².